The van der Waals surface area contributed by atoms with Crippen molar-refractivity contribution < 1.29 is 14.3 Å². The van der Waals surface area contributed by atoms with Gasteiger partial charge in [-0.1, -0.05) is 41.6 Å². The summed E-state index contributed by atoms with van der Waals surface area (Å²) >= 11 is 16.1. The number of amides is 1. The van der Waals surface area contributed by atoms with E-state index >= 15 is 0 Å². The van der Waals surface area contributed by atoms with Crippen LogP contribution in [0.15, 0.2) is 45.8 Å². The number of hydrogen-bond donors (Lipinski definition) is 0. The number of thiocarbonyl (C=S) groups is 1. The van der Waals surface area contributed by atoms with Crippen molar-refractivity contribution in [2.24, 2.45) is 0 Å². The summed E-state index contributed by atoms with van der Waals surface area (Å²) in [6.07, 6.45) is 1.73. The zero-order valence-corrected chi connectivity index (χ0v) is 18.4. The number of anilines is 1. The second kappa shape index (κ2) is 8.97. The Bertz CT molecular complexity index is 1040. The average molecular weight is 496 g/mol. The third-order valence-corrected chi connectivity index (χ3v) is 6.27. The van der Waals surface area contributed by atoms with E-state index in [0.717, 1.165) is 10.0 Å². The Kier molecular flexibility index (Phi) is 6.62. The molecule has 0 saturated carbocycles. The van der Waals surface area contributed by atoms with Crippen molar-refractivity contribution in [3.05, 3.63) is 56.4 Å². The molecule has 28 heavy (non-hydrogen) atoms. The SMILES string of the molecule is COc1cc(/C=C2\SC(=S)N(c3ccc(Br)c(Cl)c3)C2=O)ccc1OCC#N. The van der Waals surface area contributed by atoms with Gasteiger partial charge in [0.15, 0.2) is 22.4 Å². The van der Waals surface area contributed by atoms with Crippen molar-refractivity contribution in [1.82, 2.24) is 0 Å². The van der Waals surface area contributed by atoms with Crippen molar-refractivity contribution in [2.75, 3.05) is 18.6 Å². The molecular weight excluding hydrogens is 484 g/mol. The normalized spacial score (nSPS) is 15.1. The van der Waals surface area contributed by atoms with Crippen LogP contribution >= 0.6 is 51.5 Å². The fourth-order valence-corrected chi connectivity index (χ4v) is 4.19. The fraction of sp³-hybridized carbons (Fsp3) is 0.105. The van der Waals surface area contributed by atoms with Crippen LogP contribution in [0.5, 0.6) is 11.5 Å². The lowest BCUT2D eigenvalue weighted by atomic mass is 10.2. The number of thioether (sulfide) groups is 1. The lowest BCUT2D eigenvalue weighted by Gasteiger charge is -2.15. The van der Waals surface area contributed by atoms with E-state index in [4.69, 9.17) is 38.6 Å². The summed E-state index contributed by atoms with van der Waals surface area (Å²) in [6.45, 7) is -0.0793. The summed E-state index contributed by atoms with van der Waals surface area (Å²) in [5.74, 6) is 0.703. The van der Waals surface area contributed by atoms with Crippen molar-refractivity contribution >= 4 is 73.5 Å². The van der Waals surface area contributed by atoms with Crippen LogP contribution in [-0.2, 0) is 4.79 Å². The number of carbonyl (C=O) groups excluding carboxylic acids is 1. The van der Waals surface area contributed by atoms with Gasteiger partial charge in [-0.15, -0.1) is 0 Å². The zero-order chi connectivity index (χ0) is 20.3. The maximum atomic E-state index is 12.9. The summed E-state index contributed by atoms with van der Waals surface area (Å²) in [4.78, 5) is 14.8. The minimum absolute atomic E-state index is 0.0793. The van der Waals surface area contributed by atoms with Gasteiger partial charge < -0.3 is 9.47 Å². The first kappa shape index (κ1) is 20.7. The highest BCUT2D eigenvalue weighted by molar-refractivity contribution is 9.10. The number of nitrogens with zero attached hydrogens (tertiary/aromatic N) is 2. The fourth-order valence-electron chi connectivity index (χ4n) is 2.47. The number of hydrogen-bond acceptors (Lipinski definition) is 6. The molecule has 2 aromatic rings. The minimum atomic E-state index is -0.225. The first-order valence-corrected chi connectivity index (χ1v) is 10.2. The van der Waals surface area contributed by atoms with Gasteiger partial charge in [-0.05, 0) is 57.9 Å². The van der Waals surface area contributed by atoms with E-state index < -0.39 is 0 Å². The minimum Gasteiger partial charge on any atom is -0.493 e. The van der Waals surface area contributed by atoms with E-state index in [1.54, 1.807) is 42.5 Å². The summed E-state index contributed by atoms with van der Waals surface area (Å²) < 4.78 is 11.8. The molecule has 0 radical (unpaired) electrons. The molecule has 1 heterocycles. The number of nitriles is 1. The molecule has 9 heteroatoms. The van der Waals surface area contributed by atoms with Crippen LogP contribution in [0.1, 0.15) is 5.56 Å². The number of halogens is 2. The quantitative estimate of drug-likeness (QED) is 0.408. The van der Waals surface area contributed by atoms with Crippen LogP contribution in [0.3, 0.4) is 0 Å². The zero-order valence-electron chi connectivity index (χ0n) is 14.4. The molecule has 0 aromatic heterocycles. The van der Waals surface area contributed by atoms with E-state index in [0.29, 0.717) is 31.4 Å². The van der Waals surface area contributed by atoms with Crippen molar-refractivity contribution in [3.8, 4) is 17.6 Å². The Balaban J connectivity index is 1.89. The Morgan fingerprint density at radius 3 is 2.79 bits per heavy atom. The largest absolute Gasteiger partial charge is 0.493 e. The highest BCUT2D eigenvalue weighted by Crippen LogP contribution is 2.38. The van der Waals surface area contributed by atoms with E-state index in [9.17, 15) is 4.79 Å². The predicted octanol–water partition coefficient (Wildman–Crippen LogP) is 5.42. The van der Waals surface area contributed by atoms with Crippen LogP contribution in [-0.4, -0.2) is 23.9 Å². The topological polar surface area (TPSA) is 62.6 Å². The lowest BCUT2D eigenvalue weighted by molar-refractivity contribution is -0.113. The number of benzene rings is 2. The van der Waals surface area contributed by atoms with Gasteiger partial charge in [-0.25, -0.2) is 0 Å². The van der Waals surface area contributed by atoms with E-state index in [-0.39, 0.29) is 12.5 Å². The number of carbonyl (C=O) groups is 1. The standard InChI is InChI=1S/C19H12BrClN2O3S2/c1-25-16-8-11(2-5-15(16)26-7-6-22)9-17-18(24)23(19(27)28-17)12-3-4-13(20)14(21)10-12/h2-5,8-10H,7H2,1H3/b17-9-. The van der Waals surface area contributed by atoms with E-state index in [1.807, 2.05) is 6.07 Å². The summed E-state index contributed by atoms with van der Waals surface area (Å²) in [5, 5.41) is 9.14. The van der Waals surface area contributed by atoms with Gasteiger partial charge in [0, 0.05) is 4.47 Å². The molecule has 142 valence electrons. The average Bonchev–Trinajstić information content (AvgIpc) is 2.96. The smallest absolute Gasteiger partial charge is 0.270 e. The molecule has 1 saturated heterocycles. The second-order valence-corrected chi connectivity index (χ2v) is 8.41. The first-order valence-electron chi connectivity index (χ1n) is 7.85. The van der Waals surface area contributed by atoms with Gasteiger partial charge in [0.2, 0.25) is 0 Å². The first-order chi connectivity index (χ1) is 13.4. The van der Waals surface area contributed by atoms with Gasteiger partial charge in [0.25, 0.3) is 5.91 Å². The van der Waals surface area contributed by atoms with Crippen LogP contribution in [0.25, 0.3) is 6.08 Å². The predicted molar refractivity (Wildman–Crippen MR) is 119 cm³/mol. The number of rotatable bonds is 5. The van der Waals surface area contributed by atoms with Gasteiger partial charge in [-0.2, -0.15) is 5.26 Å². The third-order valence-electron chi connectivity index (χ3n) is 3.73. The van der Waals surface area contributed by atoms with Crippen molar-refractivity contribution in [2.45, 2.75) is 0 Å². The van der Waals surface area contributed by atoms with Gasteiger partial charge >= 0.3 is 0 Å². The molecule has 1 amide bonds. The van der Waals surface area contributed by atoms with Crippen LogP contribution < -0.4 is 14.4 Å². The molecule has 0 bridgehead atoms. The van der Waals surface area contributed by atoms with Gasteiger partial charge in [0.05, 0.1) is 22.7 Å². The molecule has 5 nitrogen and oxygen atoms in total. The maximum absolute atomic E-state index is 12.9. The lowest BCUT2D eigenvalue weighted by Crippen LogP contribution is -2.27. The molecule has 0 unspecified atom stereocenters. The van der Waals surface area contributed by atoms with Crippen LogP contribution in [0.2, 0.25) is 5.02 Å². The van der Waals surface area contributed by atoms with Crippen LogP contribution in [0.4, 0.5) is 5.69 Å². The Labute approximate surface area is 185 Å². The van der Waals surface area contributed by atoms with Crippen LogP contribution in [0, 0.1) is 11.3 Å². The third kappa shape index (κ3) is 4.33. The monoisotopic (exact) mass is 494 g/mol. The molecular formula is C19H12BrClN2O3S2. The molecule has 0 aliphatic carbocycles. The molecule has 3 rings (SSSR count). The highest BCUT2D eigenvalue weighted by atomic mass is 79.9. The number of methoxy groups -OCH3 is 1. The Morgan fingerprint density at radius 1 is 1.32 bits per heavy atom. The molecule has 0 N–H and O–H groups in total. The van der Waals surface area contributed by atoms with E-state index in [1.165, 1.54) is 23.8 Å². The van der Waals surface area contributed by atoms with E-state index in [2.05, 4.69) is 15.9 Å². The molecule has 1 aliphatic heterocycles. The summed E-state index contributed by atoms with van der Waals surface area (Å²) in [6, 6.07) is 12.3. The van der Waals surface area contributed by atoms with Gasteiger partial charge in [0.1, 0.15) is 6.07 Å². The van der Waals surface area contributed by atoms with Gasteiger partial charge in [-0.3, -0.25) is 9.69 Å². The molecule has 1 fully saturated rings. The molecule has 0 atom stereocenters. The summed E-state index contributed by atoms with van der Waals surface area (Å²) in [5.41, 5.74) is 1.35. The maximum Gasteiger partial charge on any atom is 0.270 e. The Hall–Kier alpha value is -2.05. The highest BCUT2D eigenvalue weighted by Gasteiger charge is 2.33. The second-order valence-electron chi connectivity index (χ2n) is 5.47. The molecule has 0 spiro atoms. The Morgan fingerprint density at radius 2 is 2.11 bits per heavy atom. The molecule has 2 aromatic carbocycles. The molecule has 1 aliphatic rings. The van der Waals surface area contributed by atoms with Crippen molar-refractivity contribution in [1.29, 1.82) is 5.26 Å². The summed E-state index contributed by atoms with van der Waals surface area (Å²) in [7, 11) is 1.51. The number of ether oxygens (including phenoxy) is 2. The van der Waals surface area contributed by atoms with Crippen molar-refractivity contribution in [3.63, 3.8) is 0 Å².